The van der Waals surface area contributed by atoms with Gasteiger partial charge in [0, 0.05) is 10.9 Å². The van der Waals surface area contributed by atoms with Crippen molar-refractivity contribution in [3.05, 3.63) is 71.3 Å². The summed E-state index contributed by atoms with van der Waals surface area (Å²) in [6.07, 6.45) is 0. The zero-order valence-corrected chi connectivity index (χ0v) is 14.1. The topological polar surface area (TPSA) is 47.6 Å². The standard InChI is InChI=1S/C22H18N2/c1-22(2,3)17-10-11-19(16(12-17)14-24)21-9-5-7-18-15(13-23)6-4-8-20(18)21/h4-12H,1-3H3. The highest BCUT2D eigenvalue weighted by atomic mass is 14.3. The molecule has 0 radical (unpaired) electrons. The summed E-state index contributed by atoms with van der Waals surface area (Å²) < 4.78 is 0. The van der Waals surface area contributed by atoms with Crippen LogP contribution in [-0.4, -0.2) is 0 Å². The molecule has 0 amide bonds. The summed E-state index contributed by atoms with van der Waals surface area (Å²) in [7, 11) is 0. The molecule has 0 unspecified atom stereocenters. The van der Waals surface area contributed by atoms with E-state index in [4.69, 9.17) is 0 Å². The maximum atomic E-state index is 9.64. The summed E-state index contributed by atoms with van der Waals surface area (Å²) in [6.45, 7) is 6.42. The molecular formula is C22H18N2. The lowest BCUT2D eigenvalue weighted by molar-refractivity contribution is 0.590. The minimum atomic E-state index is -0.00311. The number of hydrogen-bond donors (Lipinski definition) is 0. The smallest absolute Gasteiger partial charge is 0.0998 e. The molecule has 3 aromatic rings. The van der Waals surface area contributed by atoms with E-state index in [9.17, 15) is 10.5 Å². The van der Waals surface area contributed by atoms with Gasteiger partial charge in [-0.15, -0.1) is 0 Å². The first-order valence-electron chi connectivity index (χ1n) is 7.92. The Bertz CT molecular complexity index is 1010. The maximum Gasteiger partial charge on any atom is 0.0998 e. The summed E-state index contributed by atoms with van der Waals surface area (Å²) >= 11 is 0. The number of nitrogens with zero attached hydrogens (tertiary/aromatic N) is 2. The number of nitriles is 2. The van der Waals surface area contributed by atoms with Gasteiger partial charge in [0.2, 0.25) is 0 Å². The lowest BCUT2D eigenvalue weighted by Crippen LogP contribution is -2.11. The molecule has 0 aliphatic carbocycles. The summed E-state index contributed by atoms with van der Waals surface area (Å²) in [5, 5.41) is 20.9. The second-order valence-electron chi connectivity index (χ2n) is 6.94. The second kappa shape index (κ2) is 5.84. The van der Waals surface area contributed by atoms with Crippen molar-refractivity contribution >= 4 is 10.8 Å². The fraction of sp³-hybridized carbons (Fsp3) is 0.182. The van der Waals surface area contributed by atoms with Gasteiger partial charge in [0.1, 0.15) is 0 Å². The molecule has 0 spiro atoms. The molecule has 0 atom stereocenters. The van der Waals surface area contributed by atoms with Gasteiger partial charge in [-0.2, -0.15) is 10.5 Å². The molecule has 0 aromatic heterocycles. The van der Waals surface area contributed by atoms with E-state index in [1.54, 1.807) is 0 Å². The molecule has 24 heavy (non-hydrogen) atoms. The Morgan fingerprint density at radius 3 is 2.04 bits per heavy atom. The highest BCUT2D eigenvalue weighted by Crippen LogP contribution is 2.34. The van der Waals surface area contributed by atoms with Gasteiger partial charge in [-0.05, 0) is 34.1 Å². The Morgan fingerprint density at radius 2 is 1.38 bits per heavy atom. The van der Waals surface area contributed by atoms with E-state index in [1.165, 1.54) is 0 Å². The van der Waals surface area contributed by atoms with Crippen LogP contribution in [0, 0.1) is 22.7 Å². The molecular weight excluding hydrogens is 292 g/mol. The molecule has 0 aliphatic rings. The van der Waals surface area contributed by atoms with E-state index in [0.29, 0.717) is 11.1 Å². The number of rotatable bonds is 1. The lowest BCUT2D eigenvalue weighted by atomic mass is 9.84. The van der Waals surface area contributed by atoms with Crippen molar-refractivity contribution in [2.45, 2.75) is 26.2 Å². The quantitative estimate of drug-likeness (QED) is 0.591. The van der Waals surface area contributed by atoms with E-state index in [0.717, 1.165) is 27.5 Å². The highest BCUT2D eigenvalue weighted by Gasteiger charge is 2.17. The van der Waals surface area contributed by atoms with Crippen molar-refractivity contribution in [1.29, 1.82) is 10.5 Å². The van der Waals surface area contributed by atoms with Crippen molar-refractivity contribution in [3.63, 3.8) is 0 Å². The molecule has 116 valence electrons. The molecule has 0 saturated heterocycles. The van der Waals surface area contributed by atoms with Crippen molar-refractivity contribution in [2.24, 2.45) is 0 Å². The molecule has 3 aromatic carbocycles. The summed E-state index contributed by atoms with van der Waals surface area (Å²) in [5.41, 5.74) is 4.35. The average molecular weight is 310 g/mol. The third kappa shape index (κ3) is 2.64. The molecule has 0 aliphatic heterocycles. The molecule has 0 bridgehead atoms. The summed E-state index contributed by atoms with van der Waals surface area (Å²) in [5.74, 6) is 0. The van der Waals surface area contributed by atoms with Crippen LogP contribution < -0.4 is 0 Å². The predicted octanol–water partition coefficient (Wildman–Crippen LogP) is 5.55. The first kappa shape index (κ1) is 15.8. The first-order chi connectivity index (χ1) is 11.5. The number of hydrogen-bond acceptors (Lipinski definition) is 2. The van der Waals surface area contributed by atoms with E-state index >= 15 is 0 Å². The van der Waals surface area contributed by atoms with Gasteiger partial charge in [-0.1, -0.05) is 63.2 Å². The molecule has 3 rings (SSSR count). The molecule has 0 saturated carbocycles. The van der Waals surface area contributed by atoms with Gasteiger partial charge in [0.15, 0.2) is 0 Å². The first-order valence-corrected chi connectivity index (χ1v) is 7.92. The minimum Gasteiger partial charge on any atom is -0.192 e. The van der Waals surface area contributed by atoms with Crippen LogP contribution in [0.4, 0.5) is 0 Å². The summed E-state index contributed by atoms with van der Waals surface area (Å²) in [4.78, 5) is 0. The third-order valence-corrected chi connectivity index (χ3v) is 4.34. The van der Waals surface area contributed by atoms with Gasteiger partial charge >= 0.3 is 0 Å². The third-order valence-electron chi connectivity index (χ3n) is 4.34. The monoisotopic (exact) mass is 310 g/mol. The molecule has 0 fully saturated rings. The van der Waals surface area contributed by atoms with Crippen LogP contribution in [0.15, 0.2) is 54.6 Å². The van der Waals surface area contributed by atoms with Gasteiger partial charge in [-0.25, -0.2) is 0 Å². The predicted molar refractivity (Wildman–Crippen MR) is 97.5 cm³/mol. The number of benzene rings is 3. The van der Waals surface area contributed by atoms with Crippen molar-refractivity contribution in [3.8, 4) is 23.3 Å². The van der Waals surface area contributed by atoms with Crippen LogP contribution in [0.3, 0.4) is 0 Å². The normalized spacial score (nSPS) is 11.0. The maximum absolute atomic E-state index is 9.64. The molecule has 2 heteroatoms. The zero-order valence-electron chi connectivity index (χ0n) is 14.1. The van der Waals surface area contributed by atoms with Crippen molar-refractivity contribution < 1.29 is 0 Å². The highest BCUT2D eigenvalue weighted by molar-refractivity contribution is 6.00. The van der Waals surface area contributed by atoms with Crippen LogP contribution in [0.25, 0.3) is 21.9 Å². The van der Waals surface area contributed by atoms with E-state index in [-0.39, 0.29) is 5.41 Å². The Hall–Kier alpha value is -3.10. The second-order valence-corrected chi connectivity index (χ2v) is 6.94. The average Bonchev–Trinajstić information content (AvgIpc) is 2.59. The Balaban J connectivity index is 2.30. The van der Waals surface area contributed by atoms with Crippen molar-refractivity contribution in [1.82, 2.24) is 0 Å². The van der Waals surface area contributed by atoms with Crippen LogP contribution in [0.1, 0.15) is 37.5 Å². The minimum absolute atomic E-state index is 0.00311. The number of fused-ring (bicyclic) bond motifs is 1. The Labute approximate surface area is 142 Å². The fourth-order valence-electron chi connectivity index (χ4n) is 2.98. The van der Waals surface area contributed by atoms with Gasteiger partial charge in [0.05, 0.1) is 23.3 Å². The zero-order chi connectivity index (χ0) is 17.3. The fourth-order valence-corrected chi connectivity index (χ4v) is 2.98. The van der Waals surface area contributed by atoms with Crippen molar-refractivity contribution in [2.75, 3.05) is 0 Å². The lowest BCUT2D eigenvalue weighted by Gasteiger charge is -2.20. The van der Waals surface area contributed by atoms with E-state index in [2.05, 4.69) is 39.0 Å². The molecule has 0 N–H and O–H groups in total. The Kier molecular flexibility index (Phi) is 3.84. The molecule has 2 nitrogen and oxygen atoms in total. The largest absolute Gasteiger partial charge is 0.192 e. The van der Waals surface area contributed by atoms with Crippen LogP contribution >= 0.6 is 0 Å². The molecule has 0 heterocycles. The van der Waals surface area contributed by atoms with Gasteiger partial charge < -0.3 is 0 Å². The van der Waals surface area contributed by atoms with Crippen LogP contribution in [0.5, 0.6) is 0 Å². The van der Waals surface area contributed by atoms with Crippen LogP contribution in [-0.2, 0) is 5.41 Å². The van der Waals surface area contributed by atoms with Gasteiger partial charge in [-0.3, -0.25) is 0 Å². The van der Waals surface area contributed by atoms with Gasteiger partial charge in [0.25, 0.3) is 0 Å². The van der Waals surface area contributed by atoms with E-state index in [1.807, 2.05) is 48.5 Å². The Morgan fingerprint density at radius 1 is 0.708 bits per heavy atom. The SMILES string of the molecule is CC(C)(C)c1ccc(-c2cccc3c(C#N)cccc23)c(C#N)c1. The summed E-state index contributed by atoms with van der Waals surface area (Å²) in [6, 6.07) is 22.3. The van der Waals surface area contributed by atoms with E-state index < -0.39 is 0 Å². The van der Waals surface area contributed by atoms with Crippen LogP contribution in [0.2, 0.25) is 0 Å².